The van der Waals surface area contributed by atoms with Gasteiger partial charge in [0, 0.05) is 10.0 Å². The van der Waals surface area contributed by atoms with E-state index < -0.39 is 11.8 Å². The van der Waals surface area contributed by atoms with Gasteiger partial charge in [0.1, 0.15) is 11.3 Å². The molecule has 7 heteroatoms. The fourth-order valence-corrected chi connectivity index (χ4v) is 3.71. The number of halogens is 2. The molecule has 2 aromatic rings. The van der Waals surface area contributed by atoms with Crippen molar-refractivity contribution < 1.29 is 14.7 Å². The highest BCUT2D eigenvalue weighted by Crippen LogP contribution is 2.34. The summed E-state index contributed by atoms with van der Waals surface area (Å²) in [6.45, 7) is 3.91. The monoisotopic (exact) mass is 464 g/mol. The van der Waals surface area contributed by atoms with Crippen molar-refractivity contribution in [2.75, 3.05) is 5.01 Å². The number of rotatable bonds is 2. The minimum atomic E-state index is -0.515. The molecular formula is C18H14Br2N2O3. The Hall–Kier alpha value is -2.12. The Morgan fingerprint density at radius 3 is 2.48 bits per heavy atom. The van der Waals surface area contributed by atoms with Gasteiger partial charge in [0.15, 0.2) is 0 Å². The molecule has 3 rings (SSSR count). The second-order valence-corrected chi connectivity index (χ2v) is 7.50. The van der Waals surface area contributed by atoms with Crippen molar-refractivity contribution in [1.29, 1.82) is 0 Å². The molecule has 2 N–H and O–H groups in total. The lowest BCUT2D eigenvalue weighted by Crippen LogP contribution is -2.35. The normalized spacial score (nSPS) is 15.8. The maximum absolute atomic E-state index is 12.7. The van der Waals surface area contributed by atoms with Gasteiger partial charge in [0.25, 0.3) is 11.8 Å². The summed E-state index contributed by atoms with van der Waals surface area (Å²) >= 11 is 6.56. The quantitative estimate of drug-likeness (QED) is 0.520. The van der Waals surface area contributed by atoms with Crippen LogP contribution >= 0.6 is 31.9 Å². The van der Waals surface area contributed by atoms with Crippen molar-refractivity contribution in [3.05, 3.63) is 61.5 Å². The summed E-state index contributed by atoms with van der Waals surface area (Å²) in [6.07, 6.45) is 1.38. The van der Waals surface area contributed by atoms with Gasteiger partial charge >= 0.3 is 0 Å². The molecule has 128 valence electrons. The highest BCUT2D eigenvalue weighted by Gasteiger charge is 2.34. The van der Waals surface area contributed by atoms with Gasteiger partial charge in [-0.1, -0.05) is 22.0 Å². The lowest BCUT2D eigenvalue weighted by Gasteiger charge is -2.16. The number of hydrazine groups is 1. The number of aromatic hydroxyl groups is 1. The molecule has 25 heavy (non-hydrogen) atoms. The Morgan fingerprint density at radius 1 is 1.08 bits per heavy atom. The maximum atomic E-state index is 12.7. The van der Waals surface area contributed by atoms with Gasteiger partial charge in [0.05, 0.1) is 10.2 Å². The lowest BCUT2D eigenvalue weighted by atomic mass is 10.1. The van der Waals surface area contributed by atoms with Crippen molar-refractivity contribution in [3.63, 3.8) is 0 Å². The van der Waals surface area contributed by atoms with Crippen LogP contribution in [0.25, 0.3) is 6.08 Å². The van der Waals surface area contributed by atoms with Crippen LogP contribution in [0.3, 0.4) is 0 Å². The van der Waals surface area contributed by atoms with Gasteiger partial charge in [-0.25, -0.2) is 5.01 Å². The van der Waals surface area contributed by atoms with Crippen molar-refractivity contribution in [3.8, 4) is 5.75 Å². The maximum Gasteiger partial charge on any atom is 0.282 e. The van der Waals surface area contributed by atoms with E-state index in [0.29, 0.717) is 20.2 Å². The number of aryl methyl sites for hydroxylation is 2. The van der Waals surface area contributed by atoms with E-state index in [2.05, 4.69) is 37.3 Å². The van der Waals surface area contributed by atoms with Crippen LogP contribution in [0, 0.1) is 13.8 Å². The molecule has 0 atom stereocenters. The molecule has 0 aliphatic carbocycles. The number of anilines is 1. The van der Waals surface area contributed by atoms with Gasteiger partial charge in [-0.3, -0.25) is 15.0 Å². The minimum Gasteiger partial charge on any atom is -0.506 e. The molecule has 1 fully saturated rings. The molecular weight excluding hydrogens is 452 g/mol. The molecule has 0 saturated carbocycles. The number of phenols is 1. The number of hydrogen-bond acceptors (Lipinski definition) is 3. The number of amides is 2. The molecule has 0 spiro atoms. The first kappa shape index (κ1) is 17.7. The van der Waals surface area contributed by atoms with E-state index in [-0.39, 0.29) is 11.3 Å². The minimum absolute atomic E-state index is 0.0408. The smallest absolute Gasteiger partial charge is 0.282 e. The predicted octanol–water partition coefficient (Wildman–Crippen LogP) is 4.00. The van der Waals surface area contributed by atoms with Crippen LogP contribution in [0.1, 0.15) is 16.7 Å². The fraction of sp³-hybridized carbons (Fsp3) is 0.111. The Balaban J connectivity index is 2.01. The number of nitrogens with zero attached hydrogens (tertiary/aromatic N) is 1. The molecule has 1 heterocycles. The topological polar surface area (TPSA) is 69.6 Å². The third kappa shape index (κ3) is 3.34. The molecule has 0 unspecified atom stereocenters. The van der Waals surface area contributed by atoms with E-state index in [1.165, 1.54) is 11.1 Å². The third-order valence-electron chi connectivity index (χ3n) is 4.00. The molecule has 2 aromatic carbocycles. The predicted molar refractivity (Wildman–Crippen MR) is 103 cm³/mol. The molecule has 1 aliphatic heterocycles. The van der Waals surface area contributed by atoms with Crippen LogP contribution in [-0.2, 0) is 9.59 Å². The van der Waals surface area contributed by atoms with Gasteiger partial charge in [-0.15, -0.1) is 0 Å². The second kappa shape index (κ2) is 6.65. The van der Waals surface area contributed by atoms with Crippen molar-refractivity contribution in [2.45, 2.75) is 13.8 Å². The molecule has 1 aliphatic rings. The molecule has 0 aromatic heterocycles. The molecule has 0 bridgehead atoms. The lowest BCUT2D eigenvalue weighted by molar-refractivity contribution is -0.117. The van der Waals surface area contributed by atoms with E-state index in [9.17, 15) is 14.7 Å². The Bertz CT molecular complexity index is 938. The van der Waals surface area contributed by atoms with Crippen LogP contribution in [0.2, 0.25) is 0 Å². The first-order chi connectivity index (χ1) is 11.8. The summed E-state index contributed by atoms with van der Waals surface area (Å²) in [4.78, 5) is 24.9. The van der Waals surface area contributed by atoms with E-state index >= 15 is 0 Å². The largest absolute Gasteiger partial charge is 0.506 e. The van der Waals surface area contributed by atoms with E-state index in [4.69, 9.17) is 0 Å². The average molecular weight is 466 g/mol. The van der Waals surface area contributed by atoms with Gasteiger partial charge in [-0.05, 0) is 71.2 Å². The van der Waals surface area contributed by atoms with Crippen LogP contribution in [0.4, 0.5) is 5.69 Å². The summed E-state index contributed by atoms with van der Waals surface area (Å²) in [5.41, 5.74) is 5.58. The summed E-state index contributed by atoms with van der Waals surface area (Å²) in [5.74, 6) is -1.02. The first-order valence-electron chi connectivity index (χ1n) is 7.40. The number of phenolic OH excluding ortho intramolecular Hbond substituents is 1. The van der Waals surface area contributed by atoms with Crippen molar-refractivity contribution in [1.82, 2.24) is 5.43 Å². The Labute approximate surface area is 161 Å². The average Bonchev–Trinajstić information content (AvgIpc) is 2.83. The molecule has 2 amide bonds. The number of carbonyl (C=O) groups excluding carboxylic acids is 2. The number of hydrogen-bond donors (Lipinski definition) is 2. The van der Waals surface area contributed by atoms with Gasteiger partial charge < -0.3 is 5.11 Å². The highest BCUT2D eigenvalue weighted by atomic mass is 79.9. The van der Waals surface area contributed by atoms with Gasteiger partial charge in [-0.2, -0.15) is 0 Å². The van der Waals surface area contributed by atoms with Crippen molar-refractivity contribution >= 4 is 55.4 Å². The van der Waals surface area contributed by atoms with E-state index in [0.717, 1.165) is 11.1 Å². The molecule has 1 saturated heterocycles. The Kier molecular flexibility index (Phi) is 4.71. The molecule has 5 nitrogen and oxygen atoms in total. The van der Waals surface area contributed by atoms with E-state index in [1.54, 1.807) is 18.2 Å². The fourth-order valence-electron chi connectivity index (χ4n) is 2.46. The highest BCUT2D eigenvalue weighted by molar-refractivity contribution is 9.11. The zero-order valence-electron chi connectivity index (χ0n) is 13.4. The summed E-state index contributed by atoms with van der Waals surface area (Å²) < 4.78 is 1.17. The summed E-state index contributed by atoms with van der Waals surface area (Å²) in [7, 11) is 0. The van der Waals surface area contributed by atoms with Crippen LogP contribution < -0.4 is 10.4 Å². The second-order valence-electron chi connectivity index (χ2n) is 5.73. The van der Waals surface area contributed by atoms with Crippen molar-refractivity contribution in [2.24, 2.45) is 0 Å². The Morgan fingerprint density at radius 2 is 1.80 bits per heavy atom. The number of carbonyl (C=O) groups is 2. The third-order valence-corrected chi connectivity index (χ3v) is 5.06. The first-order valence-corrected chi connectivity index (χ1v) is 8.99. The number of nitrogens with one attached hydrogen (secondary N) is 1. The summed E-state index contributed by atoms with van der Waals surface area (Å²) in [6, 6.07) is 8.81. The van der Waals surface area contributed by atoms with E-state index in [1.807, 2.05) is 26.0 Å². The van der Waals surface area contributed by atoms with Crippen LogP contribution in [0.5, 0.6) is 5.75 Å². The zero-order chi connectivity index (χ0) is 18.3. The van der Waals surface area contributed by atoms with Crippen LogP contribution in [-0.4, -0.2) is 16.9 Å². The van der Waals surface area contributed by atoms with Gasteiger partial charge in [0.2, 0.25) is 0 Å². The summed E-state index contributed by atoms with van der Waals surface area (Å²) in [5, 5.41) is 11.3. The standard InChI is InChI=1S/C18H14Br2N2O3/c1-9-3-4-13(5-10(9)2)22-18(25)14(17(24)21-22)7-11-6-12(19)8-15(20)16(11)23/h3-8,23H,1-2H3,(H,21,24). The number of benzene rings is 2. The molecule has 0 radical (unpaired) electrons. The SMILES string of the molecule is Cc1ccc(N2NC(=O)C(=Cc3cc(Br)cc(Br)c3O)C2=O)cc1C. The zero-order valence-corrected chi connectivity index (χ0v) is 16.6. The van der Waals surface area contributed by atoms with Crippen LogP contribution in [0.15, 0.2) is 44.9 Å².